The fourth-order valence-corrected chi connectivity index (χ4v) is 1.83. The van der Waals surface area contributed by atoms with E-state index in [2.05, 4.69) is 10.6 Å². The summed E-state index contributed by atoms with van der Waals surface area (Å²) >= 11 is 0. The lowest BCUT2D eigenvalue weighted by molar-refractivity contribution is -0.123. The number of carbonyl (C=O) groups excluding carboxylic acids is 1. The summed E-state index contributed by atoms with van der Waals surface area (Å²) in [5.74, 6) is 0.720. The van der Waals surface area contributed by atoms with Crippen molar-refractivity contribution in [3.8, 4) is 0 Å². The molecule has 1 unspecified atom stereocenters. The average molecular weight is 198 g/mol. The van der Waals surface area contributed by atoms with Crippen LogP contribution < -0.4 is 10.6 Å². The molecule has 1 atom stereocenters. The highest BCUT2D eigenvalue weighted by atomic mass is 16.1. The van der Waals surface area contributed by atoms with Gasteiger partial charge in [0.25, 0.3) is 0 Å². The van der Waals surface area contributed by atoms with Crippen LogP contribution in [0.25, 0.3) is 0 Å². The van der Waals surface area contributed by atoms with Gasteiger partial charge in [-0.15, -0.1) is 0 Å². The Morgan fingerprint density at radius 1 is 1.50 bits per heavy atom. The van der Waals surface area contributed by atoms with Crippen LogP contribution in [0.1, 0.15) is 40.0 Å². The summed E-state index contributed by atoms with van der Waals surface area (Å²) in [6, 6.07) is 0. The minimum absolute atomic E-state index is 0.0980. The van der Waals surface area contributed by atoms with E-state index in [1.165, 1.54) is 12.8 Å². The van der Waals surface area contributed by atoms with Gasteiger partial charge in [-0.25, -0.2) is 0 Å². The molecule has 1 aliphatic rings. The average Bonchev–Trinajstić information content (AvgIpc) is 2.02. The molecular weight excluding hydrogens is 176 g/mol. The lowest BCUT2D eigenvalue weighted by Gasteiger charge is -2.25. The van der Waals surface area contributed by atoms with Crippen LogP contribution in [0, 0.1) is 5.92 Å². The molecular formula is C11H22N2O. The number of carbonyl (C=O) groups is 1. The molecule has 0 aliphatic carbocycles. The summed E-state index contributed by atoms with van der Waals surface area (Å²) in [5, 5.41) is 6.32. The highest BCUT2D eigenvalue weighted by Crippen LogP contribution is 2.14. The van der Waals surface area contributed by atoms with Crippen LogP contribution in [0.3, 0.4) is 0 Å². The Kier molecular flexibility index (Phi) is 3.93. The molecule has 0 aromatic carbocycles. The van der Waals surface area contributed by atoms with Gasteiger partial charge in [-0.1, -0.05) is 0 Å². The third-order valence-corrected chi connectivity index (χ3v) is 2.39. The minimum Gasteiger partial charge on any atom is -0.352 e. The first kappa shape index (κ1) is 11.5. The normalized spacial score (nSPS) is 23.2. The zero-order chi connectivity index (χ0) is 10.6. The molecule has 0 bridgehead atoms. The molecule has 0 aromatic rings. The Labute approximate surface area is 86.6 Å². The molecule has 1 aliphatic heterocycles. The number of hydrogen-bond acceptors (Lipinski definition) is 2. The highest BCUT2D eigenvalue weighted by Gasteiger charge is 2.19. The van der Waals surface area contributed by atoms with Crippen molar-refractivity contribution in [2.24, 2.45) is 5.92 Å². The number of hydrogen-bond donors (Lipinski definition) is 2. The first-order valence-corrected chi connectivity index (χ1v) is 5.49. The van der Waals surface area contributed by atoms with Crippen LogP contribution in [0.2, 0.25) is 0 Å². The highest BCUT2D eigenvalue weighted by molar-refractivity contribution is 5.76. The Balaban J connectivity index is 2.25. The summed E-state index contributed by atoms with van der Waals surface area (Å²) in [7, 11) is 0. The van der Waals surface area contributed by atoms with Crippen LogP contribution in [0.5, 0.6) is 0 Å². The predicted octanol–water partition coefficient (Wildman–Crippen LogP) is 1.29. The Hall–Kier alpha value is -0.570. The Bertz CT molecular complexity index is 190. The van der Waals surface area contributed by atoms with Crippen molar-refractivity contribution >= 4 is 5.91 Å². The Morgan fingerprint density at radius 3 is 2.71 bits per heavy atom. The van der Waals surface area contributed by atoms with Crippen LogP contribution in [-0.2, 0) is 4.79 Å². The molecule has 82 valence electrons. The van der Waals surface area contributed by atoms with Crippen molar-refractivity contribution in [1.29, 1.82) is 0 Å². The van der Waals surface area contributed by atoms with E-state index in [1.807, 2.05) is 20.8 Å². The minimum atomic E-state index is -0.0980. The summed E-state index contributed by atoms with van der Waals surface area (Å²) in [6.07, 6.45) is 3.06. The first-order chi connectivity index (χ1) is 6.47. The lowest BCUT2D eigenvalue weighted by atomic mass is 9.95. The van der Waals surface area contributed by atoms with Gasteiger partial charge < -0.3 is 10.6 Å². The van der Waals surface area contributed by atoms with Crippen LogP contribution in [0.15, 0.2) is 0 Å². The molecule has 1 rings (SSSR count). The SMILES string of the molecule is CC(C)(C)NC(=O)CC1CCCNC1. The molecule has 0 radical (unpaired) electrons. The Morgan fingerprint density at radius 2 is 2.21 bits per heavy atom. The van der Waals surface area contributed by atoms with Crippen LogP contribution in [-0.4, -0.2) is 24.5 Å². The second-order valence-corrected chi connectivity index (χ2v) is 5.21. The van der Waals surface area contributed by atoms with Gasteiger partial charge in [0.1, 0.15) is 0 Å². The molecule has 0 spiro atoms. The van der Waals surface area contributed by atoms with E-state index in [-0.39, 0.29) is 11.4 Å². The standard InChI is InChI=1S/C11H22N2O/c1-11(2,3)13-10(14)7-9-5-4-6-12-8-9/h9,12H,4-8H2,1-3H3,(H,13,14). The van der Waals surface area contributed by atoms with Crippen LogP contribution >= 0.6 is 0 Å². The molecule has 1 saturated heterocycles. The van der Waals surface area contributed by atoms with Crippen molar-refractivity contribution in [2.45, 2.75) is 45.6 Å². The molecule has 1 heterocycles. The van der Waals surface area contributed by atoms with Gasteiger partial charge in [-0.05, 0) is 52.6 Å². The molecule has 3 nitrogen and oxygen atoms in total. The summed E-state index contributed by atoms with van der Waals surface area (Å²) in [4.78, 5) is 11.6. The van der Waals surface area contributed by atoms with E-state index >= 15 is 0 Å². The number of nitrogens with one attached hydrogen (secondary N) is 2. The molecule has 0 saturated carbocycles. The molecule has 2 N–H and O–H groups in total. The molecule has 14 heavy (non-hydrogen) atoms. The van der Waals surface area contributed by atoms with Gasteiger partial charge in [0.05, 0.1) is 0 Å². The predicted molar refractivity (Wildman–Crippen MR) is 58.1 cm³/mol. The smallest absolute Gasteiger partial charge is 0.220 e. The molecule has 3 heteroatoms. The molecule has 1 amide bonds. The van der Waals surface area contributed by atoms with E-state index in [0.717, 1.165) is 13.1 Å². The summed E-state index contributed by atoms with van der Waals surface area (Å²) in [6.45, 7) is 8.16. The van der Waals surface area contributed by atoms with Gasteiger partial charge in [-0.2, -0.15) is 0 Å². The van der Waals surface area contributed by atoms with Crippen molar-refractivity contribution in [2.75, 3.05) is 13.1 Å². The maximum Gasteiger partial charge on any atom is 0.220 e. The fraction of sp³-hybridized carbons (Fsp3) is 0.909. The monoisotopic (exact) mass is 198 g/mol. The third kappa shape index (κ3) is 4.61. The second kappa shape index (κ2) is 4.78. The number of rotatable bonds is 2. The van der Waals surface area contributed by atoms with Crippen molar-refractivity contribution < 1.29 is 4.79 Å². The third-order valence-electron chi connectivity index (χ3n) is 2.39. The van der Waals surface area contributed by atoms with Gasteiger partial charge in [-0.3, -0.25) is 4.79 Å². The summed E-state index contributed by atoms with van der Waals surface area (Å²) < 4.78 is 0. The maximum atomic E-state index is 11.6. The van der Waals surface area contributed by atoms with Crippen molar-refractivity contribution in [1.82, 2.24) is 10.6 Å². The summed E-state index contributed by atoms with van der Waals surface area (Å²) in [5.41, 5.74) is -0.0980. The zero-order valence-corrected chi connectivity index (χ0v) is 9.52. The van der Waals surface area contributed by atoms with Gasteiger partial charge in [0.15, 0.2) is 0 Å². The first-order valence-electron chi connectivity index (χ1n) is 5.49. The maximum absolute atomic E-state index is 11.6. The van der Waals surface area contributed by atoms with Crippen molar-refractivity contribution in [3.05, 3.63) is 0 Å². The lowest BCUT2D eigenvalue weighted by Crippen LogP contribution is -2.42. The van der Waals surface area contributed by atoms with Gasteiger partial charge in [0.2, 0.25) is 5.91 Å². The largest absolute Gasteiger partial charge is 0.352 e. The van der Waals surface area contributed by atoms with E-state index in [4.69, 9.17) is 0 Å². The van der Waals surface area contributed by atoms with E-state index in [1.54, 1.807) is 0 Å². The van der Waals surface area contributed by atoms with Crippen LogP contribution in [0.4, 0.5) is 0 Å². The fourth-order valence-electron chi connectivity index (χ4n) is 1.83. The van der Waals surface area contributed by atoms with Gasteiger partial charge in [0, 0.05) is 12.0 Å². The van der Waals surface area contributed by atoms with E-state index < -0.39 is 0 Å². The molecule has 0 aromatic heterocycles. The van der Waals surface area contributed by atoms with E-state index in [9.17, 15) is 4.79 Å². The van der Waals surface area contributed by atoms with E-state index in [0.29, 0.717) is 12.3 Å². The molecule has 1 fully saturated rings. The quantitative estimate of drug-likeness (QED) is 0.702. The second-order valence-electron chi connectivity index (χ2n) is 5.21. The van der Waals surface area contributed by atoms with Gasteiger partial charge >= 0.3 is 0 Å². The topological polar surface area (TPSA) is 41.1 Å². The van der Waals surface area contributed by atoms with Crippen molar-refractivity contribution in [3.63, 3.8) is 0 Å². The zero-order valence-electron chi connectivity index (χ0n) is 9.52. The number of piperidine rings is 1. The number of amides is 1.